The van der Waals surface area contributed by atoms with Crippen LogP contribution in [0.4, 0.5) is 4.79 Å². The Kier molecular flexibility index (Phi) is 7.65. The Morgan fingerprint density at radius 1 is 1.18 bits per heavy atom. The molecule has 0 spiro atoms. The van der Waals surface area contributed by atoms with Crippen molar-refractivity contribution in [2.45, 2.75) is 90.4 Å². The lowest BCUT2D eigenvalue weighted by Crippen LogP contribution is -2.58. The Balaban J connectivity index is 1.51. The molecule has 2 aliphatic heterocycles. The fraction of sp³-hybridized carbons (Fsp3) is 0.750. The highest BCUT2D eigenvalue weighted by Crippen LogP contribution is 2.65. The van der Waals surface area contributed by atoms with Gasteiger partial charge in [-0.2, -0.15) is 0 Å². The molecule has 0 radical (unpaired) electrons. The van der Waals surface area contributed by atoms with E-state index in [9.17, 15) is 24.0 Å². The Hall–Kier alpha value is -2.91. The molecule has 2 saturated carbocycles. The van der Waals surface area contributed by atoms with Gasteiger partial charge in [-0.1, -0.05) is 20.4 Å². The number of fused-ring (bicyclic) bond motifs is 1. The minimum Gasteiger partial charge on any atom is -0.444 e. The van der Waals surface area contributed by atoms with E-state index in [1.165, 1.54) is 6.08 Å². The molecule has 2 heterocycles. The number of piperidine rings is 2. The molecule has 4 amide bonds. The van der Waals surface area contributed by atoms with Crippen LogP contribution in [0.3, 0.4) is 0 Å². The molecular weight excluding hydrogens is 488 g/mol. The lowest BCUT2D eigenvalue weighted by molar-refractivity contribution is -0.143. The van der Waals surface area contributed by atoms with Crippen LogP contribution in [0.1, 0.15) is 66.7 Å². The summed E-state index contributed by atoms with van der Waals surface area (Å²) in [5.41, 5.74) is -0.821. The molecular formula is C28H42N4O6. The first kappa shape index (κ1) is 28.1. The van der Waals surface area contributed by atoms with Crippen molar-refractivity contribution in [2.24, 2.45) is 29.1 Å². The molecule has 210 valence electrons. The fourth-order valence-electron chi connectivity index (χ4n) is 6.23. The molecule has 4 aliphatic rings. The first-order valence-electron chi connectivity index (χ1n) is 13.8. The van der Waals surface area contributed by atoms with E-state index in [2.05, 4.69) is 36.4 Å². The zero-order valence-electron chi connectivity index (χ0n) is 23.2. The molecule has 38 heavy (non-hydrogen) atoms. The summed E-state index contributed by atoms with van der Waals surface area (Å²) < 4.78 is 5.39. The molecule has 6 atom stereocenters. The third-order valence-electron chi connectivity index (χ3n) is 8.57. The first-order chi connectivity index (χ1) is 17.7. The predicted molar refractivity (Wildman–Crippen MR) is 140 cm³/mol. The highest BCUT2D eigenvalue weighted by molar-refractivity contribution is 5.99. The van der Waals surface area contributed by atoms with E-state index in [0.717, 1.165) is 19.3 Å². The van der Waals surface area contributed by atoms with Crippen molar-refractivity contribution >= 4 is 29.6 Å². The number of likely N-dealkylation sites (tertiary alicyclic amines) is 1. The SMILES string of the molecule is C=CC(=O)[C@H](C[C@@H]1CCCNC1=O)NC(=O)[C@@H]1[C@@H]2[C@H](CN1C(=O)[C@@H](NC(=O)OC(C)(C)C)C1CC1)C2(C)C. The molecule has 10 heteroatoms. The van der Waals surface area contributed by atoms with Crippen LogP contribution in [0.5, 0.6) is 0 Å². The van der Waals surface area contributed by atoms with Gasteiger partial charge in [-0.05, 0) is 82.1 Å². The Morgan fingerprint density at radius 3 is 2.45 bits per heavy atom. The lowest BCUT2D eigenvalue weighted by Gasteiger charge is -2.34. The summed E-state index contributed by atoms with van der Waals surface area (Å²) in [6.45, 7) is 14.0. The summed E-state index contributed by atoms with van der Waals surface area (Å²) in [6, 6.07) is -2.42. The molecule has 0 aromatic carbocycles. The van der Waals surface area contributed by atoms with Crippen LogP contribution in [0.25, 0.3) is 0 Å². The van der Waals surface area contributed by atoms with E-state index in [0.29, 0.717) is 19.5 Å². The van der Waals surface area contributed by atoms with Gasteiger partial charge in [-0.25, -0.2) is 4.79 Å². The number of nitrogens with one attached hydrogen (secondary N) is 3. The molecule has 10 nitrogen and oxygen atoms in total. The van der Waals surface area contributed by atoms with Gasteiger partial charge < -0.3 is 25.6 Å². The molecule has 2 aliphatic carbocycles. The number of rotatable bonds is 9. The molecule has 4 rings (SSSR count). The first-order valence-corrected chi connectivity index (χ1v) is 13.8. The van der Waals surface area contributed by atoms with Gasteiger partial charge in [-0.15, -0.1) is 0 Å². The van der Waals surface area contributed by atoms with Crippen molar-refractivity contribution < 1.29 is 28.7 Å². The van der Waals surface area contributed by atoms with Crippen LogP contribution in [0, 0.1) is 29.1 Å². The largest absolute Gasteiger partial charge is 0.444 e. The van der Waals surface area contributed by atoms with E-state index in [1.807, 2.05) is 0 Å². The summed E-state index contributed by atoms with van der Waals surface area (Å²) in [7, 11) is 0. The van der Waals surface area contributed by atoms with Crippen LogP contribution in [-0.2, 0) is 23.9 Å². The number of hydrogen-bond donors (Lipinski definition) is 3. The molecule has 2 saturated heterocycles. The molecule has 0 bridgehead atoms. The summed E-state index contributed by atoms with van der Waals surface area (Å²) in [6.07, 6.45) is 3.79. The lowest BCUT2D eigenvalue weighted by atomic mass is 9.89. The minimum absolute atomic E-state index is 0.00331. The van der Waals surface area contributed by atoms with Crippen LogP contribution >= 0.6 is 0 Å². The van der Waals surface area contributed by atoms with Crippen LogP contribution in [0.2, 0.25) is 0 Å². The third-order valence-corrected chi connectivity index (χ3v) is 8.57. The maximum absolute atomic E-state index is 13.8. The third kappa shape index (κ3) is 5.89. The fourth-order valence-corrected chi connectivity index (χ4v) is 6.23. The van der Waals surface area contributed by atoms with E-state index < -0.39 is 35.7 Å². The van der Waals surface area contributed by atoms with Crippen molar-refractivity contribution in [3.63, 3.8) is 0 Å². The quantitative estimate of drug-likeness (QED) is 0.390. The number of alkyl carbamates (subject to hydrolysis) is 1. The van der Waals surface area contributed by atoms with Crippen LogP contribution < -0.4 is 16.0 Å². The smallest absolute Gasteiger partial charge is 0.408 e. The molecule has 0 aromatic heterocycles. The molecule has 3 N–H and O–H groups in total. The summed E-state index contributed by atoms with van der Waals surface area (Å²) in [5, 5.41) is 8.44. The number of ketones is 1. The summed E-state index contributed by atoms with van der Waals surface area (Å²) in [4.78, 5) is 66.7. The van der Waals surface area contributed by atoms with Crippen molar-refractivity contribution in [3.8, 4) is 0 Å². The van der Waals surface area contributed by atoms with Gasteiger partial charge in [-0.3, -0.25) is 19.2 Å². The van der Waals surface area contributed by atoms with E-state index in [4.69, 9.17) is 4.74 Å². The number of nitrogens with zero attached hydrogens (tertiary/aromatic N) is 1. The van der Waals surface area contributed by atoms with Gasteiger partial charge >= 0.3 is 6.09 Å². The maximum Gasteiger partial charge on any atom is 0.408 e. The monoisotopic (exact) mass is 530 g/mol. The number of carbonyl (C=O) groups is 5. The van der Waals surface area contributed by atoms with E-state index in [-0.39, 0.29) is 53.1 Å². The van der Waals surface area contributed by atoms with Crippen LogP contribution in [0.15, 0.2) is 12.7 Å². The minimum atomic E-state index is -0.897. The van der Waals surface area contributed by atoms with Gasteiger partial charge in [0.2, 0.25) is 17.7 Å². The van der Waals surface area contributed by atoms with Gasteiger partial charge in [0.1, 0.15) is 17.7 Å². The summed E-state index contributed by atoms with van der Waals surface area (Å²) >= 11 is 0. The Bertz CT molecular complexity index is 1010. The zero-order chi connectivity index (χ0) is 28.0. The van der Waals surface area contributed by atoms with E-state index in [1.54, 1.807) is 25.7 Å². The zero-order valence-corrected chi connectivity index (χ0v) is 23.2. The molecule has 4 fully saturated rings. The van der Waals surface area contributed by atoms with Gasteiger partial charge in [0.05, 0.1) is 6.04 Å². The van der Waals surface area contributed by atoms with Crippen LogP contribution in [-0.4, -0.2) is 71.3 Å². The number of carbonyl (C=O) groups excluding carboxylic acids is 5. The second-order valence-electron chi connectivity index (χ2n) is 12.9. The Morgan fingerprint density at radius 2 is 1.87 bits per heavy atom. The van der Waals surface area contributed by atoms with Gasteiger partial charge in [0.15, 0.2) is 5.78 Å². The average Bonchev–Trinajstić information content (AvgIpc) is 3.70. The van der Waals surface area contributed by atoms with Gasteiger partial charge in [0, 0.05) is 19.0 Å². The molecule has 0 aromatic rings. The second kappa shape index (κ2) is 10.3. The number of ether oxygens (including phenoxy) is 1. The number of amides is 4. The maximum atomic E-state index is 13.8. The highest BCUT2D eigenvalue weighted by Gasteiger charge is 2.70. The van der Waals surface area contributed by atoms with Gasteiger partial charge in [0.25, 0.3) is 0 Å². The topological polar surface area (TPSA) is 134 Å². The average molecular weight is 531 g/mol. The standard InChI is InChI=1S/C28H42N4O6/c1-7-19(33)18(13-16-9-8-12-29-23(16)34)30-24(35)22-20-17(28(20,5)6)14-32(22)25(36)21(15-10-11-15)31-26(37)38-27(2,3)4/h7,15-18,20-22H,1,8-14H2,2-6H3,(H,29,34)(H,30,35)(H,31,37)/t16-,17-,18-,20-,21-,22-/m0/s1. The predicted octanol–water partition coefficient (Wildman–Crippen LogP) is 1.93. The normalized spacial score (nSPS) is 29.3. The van der Waals surface area contributed by atoms with Crippen molar-refractivity contribution in [3.05, 3.63) is 12.7 Å². The molecule has 0 unspecified atom stereocenters. The van der Waals surface area contributed by atoms with Crippen molar-refractivity contribution in [1.29, 1.82) is 0 Å². The second-order valence-corrected chi connectivity index (χ2v) is 12.9. The Labute approximate surface area is 224 Å². The van der Waals surface area contributed by atoms with Crippen molar-refractivity contribution in [1.82, 2.24) is 20.9 Å². The van der Waals surface area contributed by atoms with Crippen molar-refractivity contribution in [2.75, 3.05) is 13.1 Å². The van der Waals surface area contributed by atoms with E-state index >= 15 is 0 Å². The number of hydrogen-bond acceptors (Lipinski definition) is 6. The highest BCUT2D eigenvalue weighted by atomic mass is 16.6. The summed E-state index contributed by atoms with van der Waals surface area (Å²) in [5.74, 6) is -1.44.